The molecule has 186 valence electrons. The third-order valence-electron chi connectivity index (χ3n) is 6.21. The first-order chi connectivity index (χ1) is 17.1. The second-order valence-electron chi connectivity index (χ2n) is 9.00. The molecular weight excluding hydrogens is 460 g/mol. The second-order valence-corrected chi connectivity index (χ2v) is 10.1. The average Bonchev–Trinajstić information content (AvgIpc) is 3.35. The number of aromatic nitrogens is 2. The van der Waals surface area contributed by atoms with E-state index in [-0.39, 0.29) is 11.8 Å². The molecule has 2 aromatic carbocycles. The monoisotopic (exact) mass is 494 g/mol. The average molecular weight is 495 g/mol. The minimum Gasteiger partial charge on any atom is -0.497 e. The van der Waals surface area contributed by atoms with Gasteiger partial charge in [-0.05, 0) is 68.3 Å². The number of methoxy groups -OCH3 is 1. The maximum atomic E-state index is 12.7. The Hall–Kier alpha value is -2.84. The Bertz CT molecular complexity index is 1070. The molecule has 2 heterocycles. The van der Waals surface area contributed by atoms with Gasteiger partial charge in [0.1, 0.15) is 5.75 Å². The van der Waals surface area contributed by atoms with Crippen LogP contribution in [0.25, 0.3) is 11.4 Å². The number of amides is 1. The van der Waals surface area contributed by atoms with Crippen molar-refractivity contribution >= 4 is 17.7 Å². The SMILES string of the molecule is COc1ccc(-c2noc(CN3CCCC(C(=O)NCCCSCc4ccc(C)cc4)C3)n2)cc1. The first-order valence-corrected chi connectivity index (χ1v) is 13.4. The van der Waals surface area contributed by atoms with E-state index < -0.39 is 0 Å². The highest BCUT2D eigenvalue weighted by Gasteiger charge is 2.26. The van der Waals surface area contributed by atoms with E-state index in [1.807, 2.05) is 36.0 Å². The van der Waals surface area contributed by atoms with Gasteiger partial charge in [-0.3, -0.25) is 9.69 Å². The van der Waals surface area contributed by atoms with E-state index in [0.29, 0.717) is 24.8 Å². The third-order valence-corrected chi connectivity index (χ3v) is 7.32. The number of aryl methyl sites for hydroxylation is 1. The van der Waals surface area contributed by atoms with E-state index in [2.05, 4.69) is 51.5 Å². The lowest BCUT2D eigenvalue weighted by Gasteiger charge is -2.30. The fraction of sp³-hybridized carbons (Fsp3) is 0.444. The lowest BCUT2D eigenvalue weighted by Crippen LogP contribution is -2.43. The lowest BCUT2D eigenvalue weighted by molar-refractivity contribution is -0.126. The number of hydrogen-bond acceptors (Lipinski definition) is 7. The predicted molar refractivity (Wildman–Crippen MR) is 139 cm³/mol. The van der Waals surface area contributed by atoms with Gasteiger partial charge in [-0.15, -0.1) is 0 Å². The van der Waals surface area contributed by atoms with E-state index in [1.54, 1.807) is 7.11 Å². The summed E-state index contributed by atoms with van der Waals surface area (Å²) in [5, 5.41) is 7.25. The van der Waals surface area contributed by atoms with Crippen molar-refractivity contribution in [3.05, 3.63) is 65.5 Å². The smallest absolute Gasteiger partial charge is 0.241 e. The second kappa shape index (κ2) is 12.7. The molecule has 1 amide bonds. The van der Waals surface area contributed by atoms with Crippen LogP contribution >= 0.6 is 11.8 Å². The summed E-state index contributed by atoms with van der Waals surface area (Å²) in [6.07, 6.45) is 2.89. The van der Waals surface area contributed by atoms with Crippen LogP contribution in [0.3, 0.4) is 0 Å². The summed E-state index contributed by atoms with van der Waals surface area (Å²) in [4.78, 5) is 19.5. The maximum Gasteiger partial charge on any atom is 0.241 e. The van der Waals surface area contributed by atoms with Gasteiger partial charge in [0, 0.05) is 24.4 Å². The van der Waals surface area contributed by atoms with Gasteiger partial charge in [0.25, 0.3) is 0 Å². The van der Waals surface area contributed by atoms with Crippen molar-refractivity contribution in [1.82, 2.24) is 20.4 Å². The molecule has 3 aromatic rings. The first kappa shape index (κ1) is 25.3. The minimum atomic E-state index is 0.00735. The molecule has 1 unspecified atom stereocenters. The van der Waals surface area contributed by atoms with Crippen molar-refractivity contribution in [2.45, 2.75) is 38.5 Å². The van der Waals surface area contributed by atoms with E-state index in [1.165, 1.54) is 11.1 Å². The highest BCUT2D eigenvalue weighted by atomic mass is 32.2. The van der Waals surface area contributed by atoms with Crippen LogP contribution in [0.15, 0.2) is 53.1 Å². The molecule has 0 aliphatic carbocycles. The minimum absolute atomic E-state index is 0.00735. The number of nitrogens with zero attached hydrogens (tertiary/aromatic N) is 3. The normalized spacial score (nSPS) is 16.2. The Morgan fingerprint density at radius 3 is 2.77 bits per heavy atom. The Morgan fingerprint density at radius 1 is 1.20 bits per heavy atom. The van der Waals surface area contributed by atoms with Gasteiger partial charge in [0.15, 0.2) is 0 Å². The van der Waals surface area contributed by atoms with Gasteiger partial charge in [0.2, 0.25) is 17.6 Å². The maximum absolute atomic E-state index is 12.7. The largest absolute Gasteiger partial charge is 0.497 e. The first-order valence-electron chi connectivity index (χ1n) is 12.2. The summed E-state index contributed by atoms with van der Waals surface area (Å²) in [6, 6.07) is 16.3. The van der Waals surface area contributed by atoms with Crippen molar-refractivity contribution in [2.75, 3.05) is 32.5 Å². The number of thioether (sulfide) groups is 1. The molecule has 1 aromatic heterocycles. The number of likely N-dealkylation sites (tertiary alicyclic amines) is 1. The fourth-order valence-electron chi connectivity index (χ4n) is 4.19. The topological polar surface area (TPSA) is 80.5 Å². The van der Waals surface area contributed by atoms with Crippen LogP contribution in [-0.4, -0.2) is 53.4 Å². The molecule has 4 rings (SSSR count). The zero-order valence-electron chi connectivity index (χ0n) is 20.5. The lowest BCUT2D eigenvalue weighted by atomic mass is 9.97. The number of piperidine rings is 1. The number of rotatable bonds is 11. The van der Waals surface area contributed by atoms with Crippen molar-refractivity contribution < 1.29 is 14.1 Å². The molecule has 0 bridgehead atoms. The van der Waals surface area contributed by atoms with Crippen LogP contribution in [0.1, 0.15) is 36.3 Å². The molecule has 1 fully saturated rings. The Balaban J connectivity index is 1.16. The van der Waals surface area contributed by atoms with Crippen molar-refractivity contribution in [2.24, 2.45) is 5.92 Å². The number of carbonyl (C=O) groups excluding carboxylic acids is 1. The highest BCUT2D eigenvalue weighted by Crippen LogP contribution is 2.22. The molecule has 1 aliphatic heterocycles. The van der Waals surface area contributed by atoms with E-state index >= 15 is 0 Å². The number of ether oxygens (including phenoxy) is 1. The molecule has 35 heavy (non-hydrogen) atoms. The van der Waals surface area contributed by atoms with Gasteiger partial charge in [-0.1, -0.05) is 35.0 Å². The van der Waals surface area contributed by atoms with Crippen molar-refractivity contribution in [3.8, 4) is 17.1 Å². The van der Waals surface area contributed by atoms with Crippen molar-refractivity contribution in [3.63, 3.8) is 0 Å². The summed E-state index contributed by atoms with van der Waals surface area (Å²) in [7, 11) is 1.64. The highest BCUT2D eigenvalue weighted by molar-refractivity contribution is 7.98. The molecule has 1 N–H and O–H groups in total. The molecule has 1 aliphatic rings. The quantitative estimate of drug-likeness (QED) is 0.387. The number of carbonyl (C=O) groups is 1. The molecule has 1 atom stereocenters. The molecule has 0 radical (unpaired) electrons. The zero-order valence-corrected chi connectivity index (χ0v) is 21.4. The number of nitrogens with one attached hydrogen (secondary N) is 1. The molecule has 7 nitrogen and oxygen atoms in total. The zero-order chi connectivity index (χ0) is 24.5. The van der Waals surface area contributed by atoms with Gasteiger partial charge in [0.05, 0.1) is 19.6 Å². The summed E-state index contributed by atoms with van der Waals surface area (Å²) in [5.41, 5.74) is 3.52. The predicted octanol–water partition coefficient (Wildman–Crippen LogP) is 4.71. The number of benzene rings is 2. The van der Waals surface area contributed by atoms with E-state index in [0.717, 1.165) is 55.2 Å². The van der Waals surface area contributed by atoms with Crippen LogP contribution in [0, 0.1) is 12.8 Å². The molecular formula is C27H34N4O3S. The van der Waals surface area contributed by atoms with Crippen LogP contribution in [-0.2, 0) is 17.1 Å². The Morgan fingerprint density at radius 2 is 2.00 bits per heavy atom. The molecule has 0 spiro atoms. The molecule has 0 saturated carbocycles. The summed E-state index contributed by atoms with van der Waals surface area (Å²) >= 11 is 1.91. The van der Waals surface area contributed by atoms with Crippen LogP contribution in [0.2, 0.25) is 0 Å². The van der Waals surface area contributed by atoms with Crippen LogP contribution in [0.4, 0.5) is 0 Å². The van der Waals surface area contributed by atoms with Gasteiger partial charge in [-0.2, -0.15) is 16.7 Å². The van der Waals surface area contributed by atoms with E-state index in [9.17, 15) is 4.79 Å². The van der Waals surface area contributed by atoms with E-state index in [4.69, 9.17) is 9.26 Å². The molecule has 1 saturated heterocycles. The van der Waals surface area contributed by atoms with Gasteiger partial charge < -0.3 is 14.6 Å². The van der Waals surface area contributed by atoms with Crippen molar-refractivity contribution in [1.29, 1.82) is 0 Å². The standard InChI is InChI=1S/C27H34N4O3S/c1-20-6-8-21(9-7-20)19-35-16-4-14-28-27(32)23-5-3-15-31(17-23)18-25-29-26(30-34-25)22-10-12-24(33-2)13-11-22/h6-13,23H,3-5,14-19H2,1-2H3,(H,28,32). The Kier molecular flexibility index (Phi) is 9.20. The number of hydrogen-bond donors (Lipinski definition) is 1. The van der Waals surface area contributed by atoms with Gasteiger partial charge in [-0.25, -0.2) is 0 Å². The third kappa shape index (κ3) is 7.57. The molecule has 8 heteroatoms. The Labute approximate surface area is 211 Å². The summed E-state index contributed by atoms with van der Waals surface area (Å²) in [5.74, 6) is 4.14. The van der Waals surface area contributed by atoms with Gasteiger partial charge >= 0.3 is 0 Å². The summed E-state index contributed by atoms with van der Waals surface area (Å²) < 4.78 is 10.7. The summed E-state index contributed by atoms with van der Waals surface area (Å²) in [6.45, 7) is 5.04. The van der Waals surface area contributed by atoms with Crippen LogP contribution in [0.5, 0.6) is 5.75 Å². The fourth-order valence-corrected chi connectivity index (χ4v) is 5.11. The van der Waals surface area contributed by atoms with Crippen LogP contribution < -0.4 is 10.1 Å².